The summed E-state index contributed by atoms with van der Waals surface area (Å²) in [6.07, 6.45) is 3.54. The quantitative estimate of drug-likeness (QED) is 0.492. The number of pyridine rings is 1. The summed E-state index contributed by atoms with van der Waals surface area (Å²) in [7, 11) is 0. The molecule has 0 saturated carbocycles. The Morgan fingerprint density at radius 1 is 0.912 bits per heavy atom. The molecule has 3 heterocycles. The van der Waals surface area contributed by atoms with Gasteiger partial charge in [-0.2, -0.15) is 0 Å². The summed E-state index contributed by atoms with van der Waals surface area (Å²) in [5.74, 6) is 1.64. The summed E-state index contributed by atoms with van der Waals surface area (Å²) in [5, 5.41) is 4.14. The normalized spacial score (nSPS) is 14.4. The number of hydrogen-bond donors (Lipinski definition) is 1. The molecule has 7 heteroatoms. The van der Waals surface area contributed by atoms with E-state index in [-0.39, 0.29) is 5.91 Å². The standard InChI is InChI=1S/C27H28N6O/c1-19-7-5-8-20(2)25(19)30-24(34)18-32-13-15-33(16-14-32)27-22-10-3-4-11-23(22)29-26(31-27)21-9-6-12-28-17-21/h3-12,17H,13-16,18H2,1-2H3,(H,30,34). The number of nitrogens with zero attached hydrogens (tertiary/aromatic N) is 5. The lowest BCUT2D eigenvalue weighted by Crippen LogP contribution is -2.49. The van der Waals surface area contributed by atoms with Crippen LogP contribution in [0.1, 0.15) is 11.1 Å². The summed E-state index contributed by atoms with van der Waals surface area (Å²) in [6, 6.07) is 18.0. The molecule has 0 bridgehead atoms. The maximum Gasteiger partial charge on any atom is 0.238 e. The zero-order valence-electron chi connectivity index (χ0n) is 19.5. The second kappa shape index (κ2) is 9.57. The minimum Gasteiger partial charge on any atom is -0.353 e. The average molecular weight is 453 g/mol. The Balaban J connectivity index is 1.30. The van der Waals surface area contributed by atoms with Gasteiger partial charge in [-0.05, 0) is 49.2 Å². The van der Waals surface area contributed by atoms with Crippen molar-refractivity contribution in [3.63, 3.8) is 0 Å². The van der Waals surface area contributed by atoms with Gasteiger partial charge in [0.2, 0.25) is 5.91 Å². The van der Waals surface area contributed by atoms with Gasteiger partial charge in [0.1, 0.15) is 5.82 Å². The molecule has 0 spiro atoms. The number of aromatic nitrogens is 3. The number of piperazine rings is 1. The fourth-order valence-corrected chi connectivity index (χ4v) is 4.44. The molecular weight excluding hydrogens is 424 g/mol. The molecule has 5 rings (SSSR count). The van der Waals surface area contributed by atoms with Crippen molar-refractivity contribution < 1.29 is 4.79 Å². The Labute approximate surface area is 199 Å². The second-order valence-corrected chi connectivity index (χ2v) is 8.71. The second-order valence-electron chi connectivity index (χ2n) is 8.71. The Hall–Kier alpha value is -3.84. The minimum atomic E-state index is 0.0252. The maximum absolute atomic E-state index is 12.7. The highest BCUT2D eigenvalue weighted by molar-refractivity contribution is 5.94. The zero-order chi connectivity index (χ0) is 23.5. The molecular formula is C27H28N6O. The predicted molar refractivity (Wildman–Crippen MR) is 136 cm³/mol. The van der Waals surface area contributed by atoms with Crippen molar-refractivity contribution in [3.8, 4) is 11.4 Å². The molecule has 7 nitrogen and oxygen atoms in total. The van der Waals surface area contributed by atoms with E-state index in [0.717, 1.165) is 65.3 Å². The Morgan fingerprint density at radius 3 is 2.41 bits per heavy atom. The van der Waals surface area contributed by atoms with Crippen LogP contribution in [0.3, 0.4) is 0 Å². The van der Waals surface area contributed by atoms with Gasteiger partial charge in [-0.25, -0.2) is 9.97 Å². The van der Waals surface area contributed by atoms with Gasteiger partial charge in [0.25, 0.3) is 0 Å². The smallest absolute Gasteiger partial charge is 0.238 e. The summed E-state index contributed by atoms with van der Waals surface area (Å²) in [6.45, 7) is 7.60. The molecule has 1 fully saturated rings. The molecule has 2 aromatic heterocycles. The molecule has 0 unspecified atom stereocenters. The van der Waals surface area contributed by atoms with Crippen LogP contribution in [0.15, 0.2) is 67.0 Å². The molecule has 1 aliphatic heterocycles. The van der Waals surface area contributed by atoms with Crippen LogP contribution in [0.2, 0.25) is 0 Å². The number of amides is 1. The molecule has 1 saturated heterocycles. The minimum absolute atomic E-state index is 0.0252. The van der Waals surface area contributed by atoms with Crippen molar-refractivity contribution in [2.24, 2.45) is 0 Å². The molecule has 1 amide bonds. The molecule has 2 aromatic carbocycles. The number of para-hydroxylation sites is 2. The van der Waals surface area contributed by atoms with Crippen LogP contribution in [0.5, 0.6) is 0 Å². The summed E-state index contributed by atoms with van der Waals surface area (Å²) < 4.78 is 0. The van der Waals surface area contributed by atoms with Crippen molar-refractivity contribution in [2.75, 3.05) is 42.9 Å². The van der Waals surface area contributed by atoms with Crippen molar-refractivity contribution in [3.05, 3.63) is 78.1 Å². The SMILES string of the molecule is Cc1cccc(C)c1NC(=O)CN1CCN(c2nc(-c3cccnc3)nc3ccccc23)CC1. The first-order chi connectivity index (χ1) is 16.6. The number of anilines is 2. The van der Waals surface area contributed by atoms with Crippen LogP contribution in [0.4, 0.5) is 11.5 Å². The highest BCUT2D eigenvalue weighted by Gasteiger charge is 2.23. The fraction of sp³-hybridized carbons (Fsp3) is 0.259. The van der Waals surface area contributed by atoms with E-state index in [2.05, 4.69) is 26.2 Å². The first-order valence-electron chi connectivity index (χ1n) is 11.6. The van der Waals surface area contributed by atoms with E-state index in [1.54, 1.807) is 12.4 Å². The molecule has 34 heavy (non-hydrogen) atoms. The van der Waals surface area contributed by atoms with Crippen molar-refractivity contribution in [1.82, 2.24) is 19.9 Å². The lowest BCUT2D eigenvalue weighted by molar-refractivity contribution is -0.117. The molecule has 4 aromatic rings. The number of fused-ring (bicyclic) bond motifs is 1. The lowest BCUT2D eigenvalue weighted by atomic mass is 10.1. The van der Waals surface area contributed by atoms with E-state index in [0.29, 0.717) is 12.4 Å². The van der Waals surface area contributed by atoms with Crippen molar-refractivity contribution >= 4 is 28.3 Å². The van der Waals surface area contributed by atoms with Crippen LogP contribution in [0, 0.1) is 13.8 Å². The van der Waals surface area contributed by atoms with E-state index in [4.69, 9.17) is 9.97 Å². The third-order valence-electron chi connectivity index (χ3n) is 6.29. The number of aryl methyl sites for hydroxylation is 2. The van der Waals surface area contributed by atoms with Gasteiger partial charge in [-0.3, -0.25) is 14.7 Å². The van der Waals surface area contributed by atoms with Crippen LogP contribution in [0.25, 0.3) is 22.3 Å². The molecule has 0 radical (unpaired) electrons. The Kier molecular flexibility index (Phi) is 6.18. The van der Waals surface area contributed by atoms with Gasteiger partial charge in [0.05, 0.1) is 12.1 Å². The molecule has 0 aliphatic carbocycles. The maximum atomic E-state index is 12.7. The third-order valence-corrected chi connectivity index (χ3v) is 6.29. The number of carbonyl (C=O) groups excluding carboxylic acids is 1. The lowest BCUT2D eigenvalue weighted by Gasteiger charge is -2.35. The summed E-state index contributed by atoms with van der Waals surface area (Å²) >= 11 is 0. The Morgan fingerprint density at radius 2 is 1.68 bits per heavy atom. The van der Waals surface area contributed by atoms with Gasteiger partial charge < -0.3 is 10.2 Å². The number of carbonyl (C=O) groups is 1. The first-order valence-corrected chi connectivity index (χ1v) is 11.6. The van der Waals surface area contributed by atoms with E-state index >= 15 is 0 Å². The third kappa shape index (κ3) is 4.61. The van der Waals surface area contributed by atoms with Gasteiger partial charge in [-0.1, -0.05) is 30.3 Å². The number of rotatable bonds is 5. The number of hydrogen-bond acceptors (Lipinski definition) is 6. The topological polar surface area (TPSA) is 74.2 Å². The molecule has 1 N–H and O–H groups in total. The van der Waals surface area contributed by atoms with Gasteiger partial charge in [0, 0.05) is 55.2 Å². The van der Waals surface area contributed by atoms with Crippen LogP contribution < -0.4 is 10.2 Å². The van der Waals surface area contributed by atoms with Gasteiger partial charge in [0.15, 0.2) is 5.82 Å². The van der Waals surface area contributed by atoms with E-state index in [1.807, 2.05) is 62.4 Å². The van der Waals surface area contributed by atoms with Crippen LogP contribution in [-0.2, 0) is 4.79 Å². The first kappa shape index (κ1) is 22.0. The predicted octanol–water partition coefficient (Wildman–Crippen LogP) is 4.07. The Bertz CT molecular complexity index is 1300. The molecule has 172 valence electrons. The highest BCUT2D eigenvalue weighted by atomic mass is 16.2. The zero-order valence-corrected chi connectivity index (χ0v) is 19.5. The van der Waals surface area contributed by atoms with Crippen molar-refractivity contribution in [2.45, 2.75) is 13.8 Å². The van der Waals surface area contributed by atoms with Crippen LogP contribution >= 0.6 is 0 Å². The molecule has 1 aliphatic rings. The fourth-order valence-electron chi connectivity index (χ4n) is 4.44. The average Bonchev–Trinajstić information content (AvgIpc) is 2.87. The van der Waals surface area contributed by atoms with Gasteiger partial charge in [-0.15, -0.1) is 0 Å². The monoisotopic (exact) mass is 452 g/mol. The summed E-state index contributed by atoms with van der Waals surface area (Å²) in [4.78, 5) is 31.1. The number of nitrogens with one attached hydrogen (secondary N) is 1. The van der Waals surface area contributed by atoms with Gasteiger partial charge >= 0.3 is 0 Å². The largest absolute Gasteiger partial charge is 0.353 e. The highest BCUT2D eigenvalue weighted by Crippen LogP contribution is 2.28. The van der Waals surface area contributed by atoms with Crippen molar-refractivity contribution in [1.29, 1.82) is 0 Å². The van der Waals surface area contributed by atoms with E-state index in [9.17, 15) is 4.79 Å². The molecule has 0 atom stereocenters. The van der Waals surface area contributed by atoms with Crippen LogP contribution in [-0.4, -0.2) is 58.5 Å². The summed E-state index contributed by atoms with van der Waals surface area (Å²) in [5.41, 5.74) is 4.90. The number of benzene rings is 2. The van der Waals surface area contributed by atoms with E-state index in [1.165, 1.54) is 0 Å². The van der Waals surface area contributed by atoms with E-state index < -0.39 is 0 Å².